The fourth-order valence-electron chi connectivity index (χ4n) is 2.36. The molecule has 0 aromatic heterocycles. The molecule has 0 radical (unpaired) electrons. The lowest BCUT2D eigenvalue weighted by molar-refractivity contribution is -0.116. The molecular formula is C16H22N2O3S. The van der Waals surface area contributed by atoms with Crippen molar-refractivity contribution in [1.29, 1.82) is 0 Å². The zero-order valence-corrected chi connectivity index (χ0v) is 13.5. The average Bonchev–Trinajstić information content (AvgIpc) is 2.51. The highest BCUT2D eigenvalue weighted by atomic mass is 32.2. The number of rotatable bonds is 5. The topological polar surface area (TPSA) is 75.3 Å². The number of carbonyl (C=O) groups excluding carboxylic acids is 1. The maximum atomic E-state index is 11.8. The first-order chi connectivity index (χ1) is 10.4. The van der Waals surface area contributed by atoms with Gasteiger partial charge in [0, 0.05) is 12.8 Å². The number of amides is 1. The smallest absolute Gasteiger partial charge is 0.243 e. The largest absolute Gasteiger partial charge is 0.348 e. The first-order valence-electron chi connectivity index (χ1n) is 7.41. The van der Waals surface area contributed by atoms with Gasteiger partial charge in [-0.3, -0.25) is 4.79 Å². The number of nitrogens with one attached hydrogen (secondary N) is 2. The number of benzene rings is 1. The SMILES string of the molecule is CS(=O)(=O)c1ccc(CNC(=O)/C=C/C2CCNCC2)cc1. The molecule has 0 aliphatic carbocycles. The highest BCUT2D eigenvalue weighted by Crippen LogP contribution is 2.13. The zero-order valence-electron chi connectivity index (χ0n) is 12.7. The van der Waals surface area contributed by atoms with Gasteiger partial charge in [0.25, 0.3) is 0 Å². The molecule has 0 unspecified atom stereocenters. The monoisotopic (exact) mass is 322 g/mol. The second-order valence-corrected chi connectivity index (χ2v) is 7.60. The molecule has 1 aromatic carbocycles. The molecule has 120 valence electrons. The second-order valence-electron chi connectivity index (χ2n) is 5.58. The van der Waals surface area contributed by atoms with Crippen LogP contribution < -0.4 is 10.6 Å². The summed E-state index contributed by atoms with van der Waals surface area (Å²) >= 11 is 0. The molecule has 0 atom stereocenters. The van der Waals surface area contributed by atoms with E-state index in [2.05, 4.69) is 10.6 Å². The summed E-state index contributed by atoms with van der Waals surface area (Å²) in [6.07, 6.45) is 6.88. The molecule has 1 aliphatic heterocycles. The highest BCUT2D eigenvalue weighted by Gasteiger charge is 2.10. The van der Waals surface area contributed by atoms with Crippen molar-refractivity contribution < 1.29 is 13.2 Å². The van der Waals surface area contributed by atoms with Crippen molar-refractivity contribution >= 4 is 15.7 Å². The minimum Gasteiger partial charge on any atom is -0.348 e. The lowest BCUT2D eigenvalue weighted by Crippen LogP contribution is -2.27. The van der Waals surface area contributed by atoms with Crippen LogP contribution in [0.4, 0.5) is 0 Å². The summed E-state index contributed by atoms with van der Waals surface area (Å²) in [6, 6.07) is 6.55. The molecule has 2 rings (SSSR count). The molecule has 0 spiro atoms. The van der Waals surface area contributed by atoms with Crippen LogP contribution in [-0.4, -0.2) is 33.7 Å². The number of allylic oxidation sites excluding steroid dienone is 1. The Morgan fingerprint density at radius 2 is 1.91 bits per heavy atom. The van der Waals surface area contributed by atoms with Gasteiger partial charge in [0.05, 0.1) is 4.90 Å². The van der Waals surface area contributed by atoms with Gasteiger partial charge in [-0.2, -0.15) is 0 Å². The molecule has 1 fully saturated rings. The number of carbonyl (C=O) groups is 1. The number of hydrogen-bond donors (Lipinski definition) is 2. The van der Waals surface area contributed by atoms with Gasteiger partial charge in [0.2, 0.25) is 5.91 Å². The van der Waals surface area contributed by atoms with Crippen LogP contribution in [0, 0.1) is 5.92 Å². The average molecular weight is 322 g/mol. The van der Waals surface area contributed by atoms with Crippen molar-refractivity contribution in [2.45, 2.75) is 24.3 Å². The maximum Gasteiger partial charge on any atom is 0.243 e. The van der Waals surface area contributed by atoms with Crippen molar-refractivity contribution in [3.05, 3.63) is 42.0 Å². The minimum absolute atomic E-state index is 0.120. The summed E-state index contributed by atoms with van der Waals surface area (Å²) in [7, 11) is -3.18. The lowest BCUT2D eigenvalue weighted by Gasteiger charge is -2.18. The van der Waals surface area contributed by atoms with Crippen LogP contribution in [0.1, 0.15) is 18.4 Å². The molecule has 0 saturated carbocycles. The van der Waals surface area contributed by atoms with Crippen LogP contribution in [0.3, 0.4) is 0 Å². The molecule has 5 nitrogen and oxygen atoms in total. The van der Waals surface area contributed by atoms with E-state index in [9.17, 15) is 13.2 Å². The van der Waals surface area contributed by atoms with Gasteiger partial charge >= 0.3 is 0 Å². The van der Waals surface area contributed by atoms with E-state index in [-0.39, 0.29) is 10.8 Å². The molecule has 1 saturated heterocycles. The predicted molar refractivity (Wildman–Crippen MR) is 86.1 cm³/mol. The fraction of sp³-hybridized carbons (Fsp3) is 0.438. The van der Waals surface area contributed by atoms with E-state index in [1.54, 1.807) is 30.3 Å². The molecule has 0 bridgehead atoms. The Balaban J connectivity index is 1.82. The Kier molecular flexibility index (Phi) is 5.74. The van der Waals surface area contributed by atoms with Gasteiger partial charge in [-0.25, -0.2) is 8.42 Å². The Hall–Kier alpha value is -1.66. The zero-order chi connectivity index (χ0) is 16.0. The van der Waals surface area contributed by atoms with Gasteiger partial charge in [-0.15, -0.1) is 0 Å². The number of piperidine rings is 1. The summed E-state index contributed by atoms with van der Waals surface area (Å²) < 4.78 is 22.7. The van der Waals surface area contributed by atoms with E-state index < -0.39 is 9.84 Å². The first-order valence-corrected chi connectivity index (χ1v) is 9.30. The van der Waals surface area contributed by atoms with Crippen molar-refractivity contribution in [3.8, 4) is 0 Å². The normalized spacial score (nSPS) is 16.8. The van der Waals surface area contributed by atoms with Gasteiger partial charge in [-0.1, -0.05) is 18.2 Å². The molecule has 1 heterocycles. The molecule has 22 heavy (non-hydrogen) atoms. The van der Waals surface area contributed by atoms with Crippen molar-refractivity contribution in [3.63, 3.8) is 0 Å². The van der Waals surface area contributed by atoms with Gasteiger partial charge in [0.1, 0.15) is 0 Å². The van der Waals surface area contributed by atoms with Crippen molar-refractivity contribution in [1.82, 2.24) is 10.6 Å². The van der Waals surface area contributed by atoms with E-state index >= 15 is 0 Å². The van der Waals surface area contributed by atoms with Crippen LogP contribution in [0.5, 0.6) is 0 Å². The third kappa shape index (κ3) is 5.27. The van der Waals surface area contributed by atoms with E-state index in [1.807, 2.05) is 6.08 Å². The van der Waals surface area contributed by atoms with Crippen LogP contribution in [0.25, 0.3) is 0 Å². The van der Waals surface area contributed by atoms with Crippen molar-refractivity contribution in [2.24, 2.45) is 5.92 Å². The van der Waals surface area contributed by atoms with E-state index in [0.29, 0.717) is 12.5 Å². The number of sulfone groups is 1. The molecular weight excluding hydrogens is 300 g/mol. The summed E-state index contributed by atoms with van der Waals surface area (Å²) in [5.74, 6) is 0.353. The number of hydrogen-bond acceptors (Lipinski definition) is 4. The van der Waals surface area contributed by atoms with E-state index in [0.717, 1.165) is 31.5 Å². The Labute approximate surface area is 131 Å². The summed E-state index contributed by atoms with van der Waals surface area (Å²) in [6.45, 7) is 2.39. The summed E-state index contributed by atoms with van der Waals surface area (Å²) in [5.41, 5.74) is 0.871. The molecule has 1 aromatic rings. The molecule has 1 aliphatic rings. The molecule has 6 heteroatoms. The third-order valence-corrected chi connectivity index (χ3v) is 4.85. The Bertz CT molecular complexity index is 630. The molecule has 1 amide bonds. The van der Waals surface area contributed by atoms with Crippen LogP contribution >= 0.6 is 0 Å². The highest BCUT2D eigenvalue weighted by molar-refractivity contribution is 7.90. The van der Waals surface area contributed by atoms with Gasteiger partial charge < -0.3 is 10.6 Å². The van der Waals surface area contributed by atoms with E-state index in [1.165, 1.54) is 6.26 Å². The predicted octanol–water partition coefficient (Wildman–Crippen LogP) is 1.26. The van der Waals surface area contributed by atoms with E-state index in [4.69, 9.17) is 0 Å². The maximum absolute atomic E-state index is 11.8. The van der Waals surface area contributed by atoms with Crippen molar-refractivity contribution in [2.75, 3.05) is 19.3 Å². The third-order valence-electron chi connectivity index (χ3n) is 3.72. The summed E-state index contributed by atoms with van der Waals surface area (Å²) in [5, 5.41) is 6.09. The first kappa shape index (κ1) is 16.7. The Morgan fingerprint density at radius 3 is 2.50 bits per heavy atom. The molecule has 2 N–H and O–H groups in total. The minimum atomic E-state index is -3.18. The quantitative estimate of drug-likeness (QED) is 0.800. The fourth-order valence-corrected chi connectivity index (χ4v) is 2.99. The Morgan fingerprint density at radius 1 is 1.27 bits per heavy atom. The van der Waals surface area contributed by atoms with Gasteiger partial charge in [0.15, 0.2) is 9.84 Å². The van der Waals surface area contributed by atoms with Gasteiger partial charge in [-0.05, 0) is 55.6 Å². The standard InChI is InChI=1S/C16H22N2O3S/c1-22(20,21)15-5-2-14(3-6-15)12-18-16(19)7-4-13-8-10-17-11-9-13/h2-7,13,17H,8-12H2,1H3,(H,18,19)/b7-4+. The lowest BCUT2D eigenvalue weighted by atomic mass is 9.98. The van der Waals surface area contributed by atoms with Crippen LogP contribution in [-0.2, 0) is 21.2 Å². The second kappa shape index (κ2) is 7.56. The summed E-state index contributed by atoms with van der Waals surface area (Å²) in [4.78, 5) is 12.1. The van der Waals surface area contributed by atoms with Crippen LogP contribution in [0.2, 0.25) is 0 Å². The van der Waals surface area contributed by atoms with Crippen LogP contribution in [0.15, 0.2) is 41.3 Å².